The van der Waals surface area contributed by atoms with Crippen molar-refractivity contribution in [1.82, 2.24) is 5.32 Å². The van der Waals surface area contributed by atoms with E-state index >= 15 is 0 Å². The van der Waals surface area contributed by atoms with Crippen LogP contribution in [-0.2, 0) is 4.74 Å². The summed E-state index contributed by atoms with van der Waals surface area (Å²) in [6.07, 6.45) is -0.707. The number of halogens is 1. The predicted molar refractivity (Wildman–Crippen MR) is 71.6 cm³/mol. The van der Waals surface area contributed by atoms with Crippen molar-refractivity contribution in [2.24, 2.45) is 0 Å². The number of amides is 1. The van der Waals surface area contributed by atoms with Crippen molar-refractivity contribution >= 4 is 34.5 Å². The SMILES string of the molecule is COCC(O)CNC(=O)c1cc(S)ccc1Br. The highest BCUT2D eigenvalue weighted by Crippen LogP contribution is 2.20. The number of hydrogen-bond donors (Lipinski definition) is 3. The average molecular weight is 320 g/mol. The van der Waals surface area contributed by atoms with Crippen molar-refractivity contribution in [3.05, 3.63) is 28.2 Å². The predicted octanol–water partition coefficient (Wildman–Crippen LogP) is 1.47. The van der Waals surface area contributed by atoms with Gasteiger partial charge in [-0.1, -0.05) is 0 Å². The third kappa shape index (κ3) is 4.67. The maximum atomic E-state index is 11.8. The second-order valence-corrected chi connectivity index (χ2v) is 4.85. The molecule has 0 spiro atoms. The van der Waals surface area contributed by atoms with Crippen LogP contribution in [-0.4, -0.2) is 37.4 Å². The van der Waals surface area contributed by atoms with Gasteiger partial charge in [-0.05, 0) is 34.1 Å². The molecule has 1 unspecified atom stereocenters. The van der Waals surface area contributed by atoms with Crippen LogP contribution < -0.4 is 5.32 Å². The summed E-state index contributed by atoms with van der Waals surface area (Å²) in [7, 11) is 1.49. The van der Waals surface area contributed by atoms with Crippen LogP contribution in [0.25, 0.3) is 0 Å². The van der Waals surface area contributed by atoms with E-state index in [4.69, 9.17) is 4.74 Å². The van der Waals surface area contributed by atoms with E-state index in [-0.39, 0.29) is 19.1 Å². The van der Waals surface area contributed by atoms with E-state index in [1.54, 1.807) is 18.2 Å². The number of benzene rings is 1. The Morgan fingerprint density at radius 3 is 3.00 bits per heavy atom. The largest absolute Gasteiger partial charge is 0.389 e. The van der Waals surface area contributed by atoms with Gasteiger partial charge in [0.2, 0.25) is 0 Å². The van der Waals surface area contributed by atoms with Crippen molar-refractivity contribution < 1.29 is 14.6 Å². The van der Waals surface area contributed by atoms with Crippen LogP contribution >= 0.6 is 28.6 Å². The molecule has 6 heteroatoms. The third-order valence-electron chi connectivity index (χ3n) is 2.05. The monoisotopic (exact) mass is 319 g/mol. The lowest BCUT2D eigenvalue weighted by atomic mass is 10.2. The maximum Gasteiger partial charge on any atom is 0.252 e. The van der Waals surface area contributed by atoms with Gasteiger partial charge in [-0.3, -0.25) is 4.79 Å². The van der Waals surface area contributed by atoms with Gasteiger partial charge in [0.15, 0.2) is 0 Å². The summed E-state index contributed by atoms with van der Waals surface area (Å²) in [5.74, 6) is -0.261. The Bertz CT molecular complexity index is 400. The second kappa shape index (κ2) is 7.00. The summed E-state index contributed by atoms with van der Waals surface area (Å²) >= 11 is 7.45. The summed E-state index contributed by atoms with van der Waals surface area (Å²) in [5.41, 5.74) is 0.488. The molecule has 0 radical (unpaired) electrons. The van der Waals surface area contributed by atoms with Crippen molar-refractivity contribution in [3.63, 3.8) is 0 Å². The molecular formula is C11H14BrNO3S. The molecule has 4 nitrogen and oxygen atoms in total. The van der Waals surface area contributed by atoms with E-state index in [0.717, 1.165) is 0 Å². The smallest absolute Gasteiger partial charge is 0.252 e. The third-order valence-corrected chi connectivity index (χ3v) is 3.02. The molecule has 0 saturated heterocycles. The number of aliphatic hydroxyl groups is 1. The standard InChI is InChI=1S/C11H14BrNO3S/c1-16-6-7(14)5-13-11(15)9-4-8(17)2-3-10(9)12/h2-4,7,14,17H,5-6H2,1H3,(H,13,15). The highest BCUT2D eigenvalue weighted by Gasteiger charge is 2.12. The van der Waals surface area contributed by atoms with Gasteiger partial charge >= 0.3 is 0 Å². The van der Waals surface area contributed by atoms with Crippen LogP contribution in [0.1, 0.15) is 10.4 Å². The summed E-state index contributed by atoms with van der Waals surface area (Å²) in [4.78, 5) is 12.5. The van der Waals surface area contributed by atoms with Gasteiger partial charge in [-0.15, -0.1) is 12.6 Å². The molecule has 0 heterocycles. The van der Waals surface area contributed by atoms with Gasteiger partial charge in [0.05, 0.1) is 18.3 Å². The lowest BCUT2D eigenvalue weighted by molar-refractivity contribution is 0.0609. The zero-order chi connectivity index (χ0) is 12.8. The Kier molecular flexibility index (Phi) is 5.97. The molecule has 1 rings (SSSR count). The van der Waals surface area contributed by atoms with E-state index in [1.165, 1.54) is 7.11 Å². The Morgan fingerprint density at radius 2 is 2.35 bits per heavy atom. The van der Waals surface area contributed by atoms with Crippen molar-refractivity contribution in [2.75, 3.05) is 20.3 Å². The highest BCUT2D eigenvalue weighted by atomic mass is 79.9. The van der Waals surface area contributed by atoms with Crippen LogP contribution in [0.4, 0.5) is 0 Å². The van der Waals surface area contributed by atoms with Gasteiger partial charge in [-0.2, -0.15) is 0 Å². The molecule has 0 bridgehead atoms. The topological polar surface area (TPSA) is 58.6 Å². The van der Waals surface area contributed by atoms with Crippen LogP contribution in [0.5, 0.6) is 0 Å². The number of thiol groups is 1. The number of nitrogens with one attached hydrogen (secondary N) is 1. The molecule has 0 fully saturated rings. The zero-order valence-corrected chi connectivity index (χ0v) is 11.8. The fourth-order valence-electron chi connectivity index (χ4n) is 1.24. The van der Waals surface area contributed by atoms with Crippen molar-refractivity contribution in [2.45, 2.75) is 11.0 Å². The van der Waals surface area contributed by atoms with E-state index in [0.29, 0.717) is 14.9 Å². The minimum absolute atomic E-state index is 0.149. The van der Waals surface area contributed by atoms with Gasteiger partial charge in [0.1, 0.15) is 0 Å². The Morgan fingerprint density at radius 1 is 1.65 bits per heavy atom. The summed E-state index contributed by atoms with van der Waals surface area (Å²) in [6, 6.07) is 5.19. The minimum Gasteiger partial charge on any atom is -0.389 e. The number of rotatable bonds is 5. The average Bonchev–Trinajstić information content (AvgIpc) is 2.29. The van der Waals surface area contributed by atoms with Crippen LogP contribution in [0, 0.1) is 0 Å². The molecule has 1 amide bonds. The zero-order valence-electron chi connectivity index (χ0n) is 9.31. The maximum absolute atomic E-state index is 11.8. The van der Waals surface area contributed by atoms with Crippen molar-refractivity contribution in [3.8, 4) is 0 Å². The van der Waals surface area contributed by atoms with E-state index < -0.39 is 6.10 Å². The molecule has 0 saturated carbocycles. The molecule has 2 N–H and O–H groups in total. The molecule has 0 aromatic heterocycles. The lowest BCUT2D eigenvalue weighted by Crippen LogP contribution is -2.34. The second-order valence-electron chi connectivity index (χ2n) is 3.48. The van der Waals surface area contributed by atoms with Gasteiger partial charge in [-0.25, -0.2) is 0 Å². The molecule has 0 aliphatic heterocycles. The van der Waals surface area contributed by atoms with Gasteiger partial charge < -0.3 is 15.2 Å². The van der Waals surface area contributed by atoms with E-state index in [2.05, 4.69) is 33.9 Å². The molecule has 17 heavy (non-hydrogen) atoms. The minimum atomic E-state index is -0.707. The molecule has 1 atom stereocenters. The summed E-state index contributed by atoms with van der Waals surface area (Å²) in [5, 5.41) is 12.0. The summed E-state index contributed by atoms with van der Waals surface area (Å²) in [6.45, 7) is 0.337. The Labute approximate surface area is 114 Å². The van der Waals surface area contributed by atoms with Crippen LogP contribution in [0.3, 0.4) is 0 Å². The first-order valence-electron chi connectivity index (χ1n) is 4.98. The highest BCUT2D eigenvalue weighted by molar-refractivity contribution is 9.10. The molecule has 94 valence electrons. The quantitative estimate of drug-likeness (QED) is 0.720. The molecule has 0 aliphatic rings. The fraction of sp³-hybridized carbons (Fsp3) is 0.364. The fourth-order valence-corrected chi connectivity index (χ4v) is 1.87. The van der Waals surface area contributed by atoms with Gasteiger partial charge in [0.25, 0.3) is 5.91 Å². The number of hydrogen-bond acceptors (Lipinski definition) is 4. The number of aliphatic hydroxyl groups excluding tert-OH is 1. The lowest BCUT2D eigenvalue weighted by Gasteiger charge is -2.11. The molecule has 1 aromatic carbocycles. The first kappa shape index (κ1) is 14.5. The first-order valence-corrected chi connectivity index (χ1v) is 6.22. The van der Waals surface area contributed by atoms with E-state index in [9.17, 15) is 9.90 Å². The molecule has 0 aliphatic carbocycles. The number of carbonyl (C=O) groups is 1. The van der Waals surface area contributed by atoms with Gasteiger partial charge in [0, 0.05) is 23.0 Å². The number of methoxy groups -OCH3 is 1. The van der Waals surface area contributed by atoms with Crippen LogP contribution in [0.2, 0.25) is 0 Å². The Balaban J connectivity index is 2.61. The van der Waals surface area contributed by atoms with Crippen LogP contribution in [0.15, 0.2) is 27.6 Å². The number of ether oxygens (including phenoxy) is 1. The van der Waals surface area contributed by atoms with E-state index in [1.807, 2.05) is 0 Å². The molecular weight excluding hydrogens is 306 g/mol. The Hall–Kier alpha value is -0.560. The summed E-state index contributed by atoms with van der Waals surface area (Å²) < 4.78 is 5.45. The molecule has 1 aromatic rings. The number of carbonyl (C=O) groups excluding carboxylic acids is 1. The van der Waals surface area contributed by atoms with Crippen molar-refractivity contribution in [1.29, 1.82) is 0 Å². The first-order chi connectivity index (χ1) is 8.04. The normalized spacial score (nSPS) is 12.2.